The number of rotatable bonds is 5. The number of carbonyl (C=O) groups is 1. The van der Waals surface area contributed by atoms with Crippen molar-refractivity contribution in [1.29, 1.82) is 0 Å². The molecule has 5 rings (SSSR count). The Kier molecular flexibility index (Phi) is 6.03. The quantitative estimate of drug-likeness (QED) is 0.562. The molecule has 1 N–H and O–H groups in total. The molecule has 3 heterocycles. The number of nitrogens with zero attached hydrogens (tertiary/aromatic N) is 3. The Hall–Kier alpha value is -3.33. The molecule has 34 heavy (non-hydrogen) atoms. The van der Waals surface area contributed by atoms with E-state index in [2.05, 4.69) is 48.0 Å². The summed E-state index contributed by atoms with van der Waals surface area (Å²) in [5.41, 5.74) is 2.86. The monoisotopic (exact) mass is 480 g/mol. The van der Waals surface area contributed by atoms with Crippen LogP contribution in [-0.4, -0.2) is 52.8 Å². The summed E-state index contributed by atoms with van der Waals surface area (Å²) in [6, 6.07) is 12.1. The SMILES string of the molecule is Cc1cccc(N2CCN(C(=O)CCCn3c(=S)[nH]c4cc5c(cc4c3=O)OCO5)C[C@H]2C)c1. The highest BCUT2D eigenvalue weighted by molar-refractivity contribution is 7.71. The van der Waals surface area contributed by atoms with Gasteiger partial charge in [-0.2, -0.15) is 0 Å². The standard InChI is InChI=1S/C25H28N4O4S/c1-16-5-3-6-18(11-16)28-10-9-27(14-17(28)2)23(30)7-4-8-29-24(31)19-12-21-22(33-15-32-21)13-20(19)26-25(29)34/h3,5-6,11-13,17H,4,7-10,14-15H2,1-2H3,(H,26,34)/t17-/m1/s1. The van der Waals surface area contributed by atoms with Crippen molar-refractivity contribution in [2.24, 2.45) is 0 Å². The Bertz CT molecular complexity index is 1370. The van der Waals surface area contributed by atoms with Gasteiger partial charge in [0.25, 0.3) is 5.56 Å². The van der Waals surface area contributed by atoms with Gasteiger partial charge in [0.15, 0.2) is 16.3 Å². The number of aromatic nitrogens is 2. The van der Waals surface area contributed by atoms with Gasteiger partial charge < -0.3 is 24.3 Å². The van der Waals surface area contributed by atoms with Crippen LogP contribution in [0.3, 0.4) is 0 Å². The van der Waals surface area contributed by atoms with Crippen LogP contribution >= 0.6 is 12.2 Å². The average Bonchev–Trinajstić information content (AvgIpc) is 3.27. The molecule has 3 aromatic rings. The first-order chi connectivity index (χ1) is 16.4. The van der Waals surface area contributed by atoms with E-state index in [1.54, 1.807) is 12.1 Å². The predicted molar refractivity (Wildman–Crippen MR) is 133 cm³/mol. The molecule has 178 valence electrons. The molecule has 0 radical (unpaired) electrons. The molecule has 1 atom stereocenters. The Morgan fingerprint density at radius 2 is 1.97 bits per heavy atom. The predicted octanol–water partition coefficient (Wildman–Crippen LogP) is 3.61. The Morgan fingerprint density at radius 1 is 1.18 bits per heavy atom. The van der Waals surface area contributed by atoms with Crippen LogP contribution in [0.2, 0.25) is 0 Å². The normalized spacial score (nSPS) is 17.4. The third-order valence-electron chi connectivity index (χ3n) is 6.56. The van der Waals surface area contributed by atoms with Crippen LogP contribution in [0.1, 0.15) is 25.3 Å². The maximum absolute atomic E-state index is 13.0. The molecule has 2 aliphatic heterocycles. The number of fused-ring (bicyclic) bond motifs is 2. The molecule has 0 unspecified atom stereocenters. The van der Waals surface area contributed by atoms with Gasteiger partial charge in [0.1, 0.15) is 0 Å². The fourth-order valence-corrected chi connectivity index (χ4v) is 5.05. The maximum atomic E-state index is 13.0. The molecule has 1 amide bonds. The summed E-state index contributed by atoms with van der Waals surface area (Å²) >= 11 is 5.42. The number of carbonyl (C=O) groups excluding carboxylic acids is 1. The van der Waals surface area contributed by atoms with Crippen molar-refractivity contribution >= 4 is 34.7 Å². The van der Waals surface area contributed by atoms with E-state index in [9.17, 15) is 9.59 Å². The number of aryl methyl sites for hydroxylation is 1. The van der Waals surface area contributed by atoms with Crippen molar-refractivity contribution in [3.05, 3.63) is 57.1 Å². The molecular weight excluding hydrogens is 452 g/mol. The zero-order chi connectivity index (χ0) is 23.8. The summed E-state index contributed by atoms with van der Waals surface area (Å²) < 4.78 is 12.6. The van der Waals surface area contributed by atoms with Crippen molar-refractivity contribution in [3.8, 4) is 11.5 Å². The molecule has 1 aromatic heterocycles. The minimum atomic E-state index is -0.190. The number of aromatic amines is 1. The summed E-state index contributed by atoms with van der Waals surface area (Å²) in [5, 5.41) is 0.491. The van der Waals surface area contributed by atoms with Crippen molar-refractivity contribution in [3.63, 3.8) is 0 Å². The van der Waals surface area contributed by atoms with Gasteiger partial charge >= 0.3 is 0 Å². The van der Waals surface area contributed by atoms with E-state index in [1.807, 2.05) is 4.90 Å². The summed E-state index contributed by atoms with van der Waals surface area (Å²) in [7, 11) is 0. The lowest BCUT2D eigenvalue weighted by atomic mass is 10.1. The first-order valence-corrected chi connectivity index (χ1v) is 12.0. The maximum Gasteiger partial charge on any atom is 0.262 e. The van der Waals surface area contributed by atoms with Crippen molar-refractivity contribution in [2.45, 2.75) is 39.3 Å². The van der Waals surface area contributed by atoms with Gasteiger partial charge in [-0.25, -0.2) is 0 Å². The molecule has 0 saturated carbocycles. The lowest BCUT2D eigenvalue weighted by Crippen LogP contribution is -2.53. The highest BCUT2D eigenvalue weighted by atomic mass is 32.1. The lowest BCUT2D eigenvalue weighted by Gasteiger charge is -2.41. The first kappa shape index (κ1) is 22.5. The van der Waals surface area contributed by atoms with E-state index < -0.39 is 0 Å². The summed E-state index contributed by atoms with van der Waals surface area (Å²) in [5.74, 6) is 1.26. The van der Waals surface area contributed by atoms with E-state index in [-0.39, 0.29) is 24.3 Å². The van der Waals surface area contributed by atoms with Crippen molar-refractivity contribution < 1.29 is 14.3 Å². The topological polar surface area (TPSA) is 79.8 Å². The van der Waals surface area contributed by atoms with Gasteiger partial charge in [-0.1, -0.05) is 12.1 Å². The first-order valence-electron chi connectivity index (χ1n) is 11.6. The second-order valence-corrected chi connectivity index (χ2v) is 9.35. The van der Waals surface area contributed by atoms with Crippen LogP contribution in [0.4, 0.5) is 5.69 Å². The number of benzene rings is 2. The van der Waals surface area contributed by atoms with Crippen molar-refractivity contribution in [1.82, 2.24) is 14.5 Å². The molecule has 9 heteroatoms. The summed E-state index contributed by atoms with van der Waals surface area (Å²) in [6.45, 7) is 6.96. The van der Waals surface area contributed by atoms with Gasteiger partial charge in [0.05, 0.1) is 10.9 Å². The molecule has 2 aromatic carbocycles. The van der Waals surface area contributed by atoms with Crippen LogP contribution < -0.4 is 19.9 Å². The van der Waals surface area contributed by atoms with Crippen LogP contribution in [0.15, 0.2) is 41.2 Å². The van der Waals surface area contributed by atoms with Crippen molar-refractivity contribution in [2.75, 3.05) is 31.3 Å². The third kappa shape index (κ3) is 4.27. The highest BCUT2D eigenvalue weighted by Gasteiger charge is 2.26. The molecular formula is C25H28N4O4S. The van der Waals surface area contributed by atoms with E-state index >= 15 is 0 Å². The van der Waals surface area contributed by atoms with E-state index in [4.69, 9.17) is 21.7 Å². The number of piperazine rings is 1. The second kappa shape index (κ2) is 9.13. The summed E-state index contributed by atoms with van der Waals surface area (Å²) in [4.78, 5) is 33.3. The van der Waals surface area contributed by atoms with Gasteiger partial charge in [-0.15, -0.1) is 0 Å². The number of anilines is 1. The number of amides is 1. The largest absolute Gasteiger partial charge is 0.454 e. The molecule has 1 saturated heterocycles. The third-order valence-corrected chi connectivity index (χ3v) is 6.88. The molecule has 8 nitrogen and oxygen atoms in total. The van der Waals surface area contributed by atoms with E-state index in [1.165, 1.54) is 15.8 Å². The number of nitrogens with one attached hydrogen (secondary N) is 1. The van der Waals surface area contributed by atoms with E-state index in [0.717, 1.165) is 6.54 Å². The molecule has 1 fully saturated rings. The molecule has 0 spiro atoms. The fourth-order valence-electron chi connectivity index (χ4n) is 4.77. The zero-order valence-corrected chi connectivity index (χ0v) is 20.2. The average molecular weight is 481 g/mol. The Labute approximate surface area is 202 Å². The van der Waals surface area contributed by atoms with Gasteiger partial charge in [-0.3, -0.25) is 14.2 Å². The molecule has 0 bridgehead atoms. The smallest absolute Gasteiger partial charge is 0.262 e. The molecule has 0 aliphatic carbocycles. The van der Waals surface area contributed by atoms with Crippen LogP contribution in [0.25, 0.3) is 10.9 Å². The number of hydrogen-bond donors (Lipinski definition) is 1. The van der Waals surface area contributed by atoms with Crippen LogP contribution in [0, 0.1) is 11.7 Å². The Morgan fingerprint density at radius 3 is 2.74 bits per heavy atom. The highest BCUT2D eigenvalue weighted by Crippen LogP contribution is 2.34. The van der Waals surface area contributed by atoms with Crippen LogP contribution in [-0.2, 0) is 11.3 Å². The lowest BCUT2D eigenvalue weighted by molar-refractivity contribution is -0.132. The Balaban J connectivity index is 1.22. The fraction of sp³-hybridized carbons (Fsp3) is 0.400. The minimum absolute atomic E-state index is 0.114. The second-order valence-electron chi connectivity index (χ2n) is 8.96. The van der Waals surface area contributed by atoms with Gasteiger partial charge in [0.2, 0.25) is 12.7 Å². The van der Waals surface area contributed by atoms with E-state index in [0.29, 0.717) is 59.6 Å². The van der Waals surface area contributed by atoms with Gasteiger partial charge in [-0.05, 0) is 56.2 Å². The zero-order valence-electron chi connectivity index (χ0n) is 19.4. The van der Waals surface area contributed by atoms with Gasteiger partial charge in [0, 0.05) is 50.4 Å². The number of ether oxygens (including phenoxy) is 2. The summed E-state index contributed by atoms with van der Waals surface area (Å²) in [6.07, 6.45) is 0.913. The van der Waals surface area contributed by atoms with Crippen LogP contribution in [0.5, 0.6) is 11.5 Å². The number of H-pyrrole nitrogens is 1. The minimum Gasteiger partial charge on any atom is -0.454 e. The number of hydrogen-bond acceptors (Lipinski definition) is 6. The molecule has 2 aliphatic rings.